The molecule has 1 aliphatic heterocycles. The standard InChI is InChI=1S/C7H6OS2/c8-7-5-3-1-2-4-6(5)9-10-7/h1-4,7-8H. The van der Waals surface area contributed by atoms with E-state index in [1.807, 2.05) is 24.3 Å². The van der Waals surface area contributed by atoms with Gasteiger partial charge in [-0.1, -0.05) is 39.8 Å². The van der Waals surface area contributed by atoms with E-state index in [4.69, 9.17) is 0 Å². The Hall–Kier alpha value is -0.120. The average Bonchev–Trinajstić information content (AvgIpc) is 2.34. The zero-order valence-electron chi connectivity index (χ0n) is 5.15. The van der Waals surface area contributed by atoms with Crippen LogP contribution in [-0.2, 0) is 0 Å². The Labute approximate surface area is 67.2 Å². The molecule has 0 aliphatic carbocycles. The second kappa shape index (κ2) is 2.49. The van der Waals surface area contributed by atoms with Crippen LogP contribution in [0.5, 0.6) is 0 Å². The fourth-order valence-electron chi connectivity index (χ4n) is 0.910. The van der Waals surface area contributed by atoms with Crippen LogP contribution < -0.4 is 0 Å². The first-order chi connectivity index (χ1) is 4.88. The van der Waals surface area contributed by atoms with Crippen molar-refractivity contribution in [2.75, 3.05) is 0 Å². The normalized spacial score (nSPS) is 22.7. The van der Waals surface area contributed by atoms with Gasteiger partial charge in [-0.25, -0.2) is 0 Å². The van der Waals surface area contributed by atoms with Gasteiger partial charge in [0.15, 0.2) is 0 Å². The summed E-state index contributed by atoms with van der Waals surface area (Å²) in [6.07, 6.45) is 0. The Balaban J connectivity index is 2.51. The highest BCUT2D eigenvalue weighted by molar-refractivity contribution is 8.77. The molecule has 1 heterocycles. The van der Waals surface area contributed by atoms with Crippen molar-refractivity contribution in [3.63, 3.8) is 0 Å². The summed E-state index contributed by atoms with van der Waals surface area (Å²) in [6.45, 7) is 0. The molecule has 0 bridgehead atoms. The minimum atomic E-state index is -0.318. The fourth-order valence-corrected chi connectivity index (χ4v) is 3.25. The van der Waals surface area contributed by atoms with E-state index in [1.54, 1.807) is 10.8 Å². The molecule has 0 aromatic heterocycles. The third kappa shape index (κ3) is 0.944. The summed E-state index contributed by atoms with van der Waals surface area (Å²) in [4.78, 5) is 1.19. The average molecular weight is 170 g/mol. The summed E-state index contributed by atoms with van der Waals surface area (Å²) in [5, 5.41) is 9.32. The van der Waals surface area contributed by atoms with Crippen molar-refractivity contribution in [1.82, 2.24) is 0 Å². The Morgan fingerprint density at radius 1 is 1.30 bits per heavy atom. The first-order valence-corrected chi connectivity index (χ1v) is 5.19. The predicted octanol–water partition coefficient (Wildman–Crippen LogP) is 2.43. The van der Waals surface area contributed by atoms with E-state index in [0.29, 0.717) is 0 Å². The van der Waals surface area contributed by atoms with Gasteiger partial charge < -0.3 is 5.11 Å². The molecule has 2 rings (SSSR count). The predicted molar refractivity (Wildman–Crippen MR) is 44.8 cm³/mol. The second-order valence-corrected chi connectivity index (χ2v) is 4.39. The molecule has 1 nitrogen and oxygen atoms in total. The first kappa shape index (κ1) is 6.58. The van der Waals surface area contributed by atoms with E-state index < -0.39 is 0 Å². The molecule has 1 aromatic rings. The van der Waals surface area contributed by atoms with Crippen LogP contribution in [0.15, 0.2) is 29.2 Å². The van der Waals surface area contributed by atoms with E-state index in [9.17, 15) is 5.11 Å². The summed E-state index contributed by atoms with van der Waals surface area (Å²) in [7, 11) is 3.14. The summed E-state index contributed by atoms with van der Waals surface area (Å²) in [5.41, 5.74) is 0.735. The molecule has 0 amide bonds. The number of aliphatic hydroxyl groups excluding tert-OH is 1. The van der Waals surface area contributed by atoms with Crippen LogP contribution in [0.4, 0.5) is 0 Å². The maximum absolute atomic E-state index is 9.32. The molecule has 0 radical (unpaired) electrons. The molecule has 52 valence electrons. The molecule has 0 saturated carbocycles. The third-order valence-electron chi connectivity index (χ3n) is 1.41. The summed E-state index contributed by atoms with van der Waals surface area (Å²) >= 11 is 0. The lowest BCUT2D eigenvalue weighted by Crippen LogP contribution is -1.84. The number of hydrogen-bond donors (Lipinski definition) is 1. The van der Waals surface area contributed by atoms with E-state index in [2.05, 4.69) is 0 Å². The highest BCUT2D eigenvalue weighted by atomic mass is 33.1. The Morgan fingerprint density at radius 2 is 2.10 bits per heavy atom. The zero-order chi connectivity index (χ0) is 6.97. The van der Waals surface area contributed by atoms with Crippen LogP contribution >= 0.6 is 21.6 Å². The van der Waals surface area contributed by atoms with E-state index >= 15 is 0 Å². The van der Waals surface area contributed by atoms with Gasteiger partial charge in [0.05, 0.1) is 0 Å². The van der Waals surface area contributed by atoms with Crippen molar-refractivity contribution in [1.29, 1.82) is 0 Å². The van der Waals surface area contributed by atoms with Crippen molar-refractivity contribution < 1.29 is 5.11 Å². The van der Waals surface area contributed by atoms with E-state index in [-0.39, 0.29) is 5.44 Å². The Morgan fingerprint density at radius 3 is 2.90 bits per heavy atom. The van der Waals surface area contributed by atoms with Crippen molar-refractivity contribution in [3.05, 3.63) is 29.8 Å². The minimum absolute atomic E-state index is 0.318. The quantitative estimate of drug-likeness (QED) is 0.604. The Kier molecular flexibility index (Phi) is 1.64. The smallest absolute Gasteiger partial charge is 0.136 e. The first-order valence-electron chi connectivity index (χ1n) is 2.98. The van der Waals surface area contributed by atoms with Gasteiger partial charge in [-0.05, 0) is 6.07 Å². The number of rotatable bonds is 0. The van der Waals surface area contributed by atoms with Crippen LogP contribution in [0.1, 0.15) is 11.0 Å². The van der Waals surface area contributed by atoms with Gasteiger partial charge in [0.1, 0.15) is 5.44 Å². The number of aliphatic hydroxyl groups is 1. The molecule has 0 spiro atoms. The SMILES string of the molecule is OC1SSc2ccccc21. The lowest BCUT2D eigenvalue weighted by Gasteiger charge is -1.97. The molecular weight excluding hydrogens is 164 g/mol. The second-order valence-electron chi connectivity index (χ2n) is 2.07. The van der Waals surface area contributed by atoms with Gasteiger partial charge in [-0.2, -0.15) is 0 Å². The molecule has 0 fully saturated rings. The largest absolute Gasteiger partial charge is 0.377 e. The lowest BCUT2D eigenvalue weighted by atomic mass is 10.2. The highest BCUT2D eigenvalue weighted by Gasteiger charge is 2.20. The van der Waals surface area contributed by atoms with E-state index in [0.717, 1.165) is 5.56 Å². The van der Waals surface area contributed by atoms with Gasteiger partial charge >= 0.3 is 0 Å². The van der Waals surface area contributed by atoms with Crippen LogP contribution in [0.25, 0.3) is 0 Å². The number of fused-ring (bicyclic) bond motifs is 1. The van der Waals surface area contributed by atoms with Gasteiger partial charge in [0.25, 0.3) is 0 Å². The molecule has 1 atom stereocenters. The van der Waals surface area contributed by atoms with Crippen molar-refractivity contribution in [2.24, 2.45) is 0 Å². The van der Waals surface area contributed by atoms with Crippen molar-refractivity contribution >= 4 is 21.6 Å². The molecule has 1 unspecified atom stereocenters. The van der Waals surface area contributed by atoms with Gasteiger partial charge in [0.2, 0.25) is 0 Å². The molecular formula is C7H6OS2. The molecule has 10 heavy (non-hydrogen) atoms. The van der Waals surface area contributed by atoms with Crippen LogP contribution in [0, 0.1) is 0 Å². The van der Waals surface area contributed by atoms with Crippen molar-refractivity contribution in [3.8, 4) is 0 Å². The minimum Gasteiger partial charge on any atom is -0.377 e. The molecule has 1 N–H and O–H groups in total. The maximum atomic E-state index is 9.32. The maximum Gasteiger partial charge on any atom is 0.136 e. The topological polar surface area (TPSA) is 20.2 Å². The van der Waals surface area contributed by atoms with E-state index in [1.165, 1.54) is 15.7 Å². The van der Waals surface area contributed by atoms with Gasteiger partial charge in [-0.3, -0.25) is 0 Å². The lowest BCUT2D eigenvalue weighted by molar-refractivity contribution is 0.270. The summed E-state index contributed by atoms with van der Waals surface area (Å²) < 4.78 is 0. The summed E-state index contributed by atoms with van der Waals surface area (Å²) in [5.74, 6) is 0. The molecule has 1 aliphatic rings. The summed E-state index contributed by atoms with van der Waals surface area (Å²) in [6, 6.07) is 7.94. The molecule has 1 aromatic carbocycles. The highest BCUT2D eigenvalue weighted by Crippen LogP contribution is 2.51. The number of hydrogen-bond acceptors (Lipinski definition) is 3. The van der Waals surface area contributed by atoms with Gasteiger partial charge in [0, 0.05) is 10.5 Å². The molecule has 3 heteroatoms. The Bertz CT molecular complexity index is 249. The molecule has 0 saturated heterocycles. The van der Waals surface area contributed by atoms with Gasteiger partial charge in [-0.15, -0.1) is 0 Å². The zero-order valence-corrected chi connectivity index (χ0v) is 6.78. The van der Waals surface area contributed by atoms with Crippen molar-refractivity contribution in [2.45, 2.75) is 10.3 Å². The van der Waals surface area contributed by atoms with Crippen LogP contribution in [0.3, 0.4) is 0 Å². The number of benzene rings is 1. The van der Waals surface area contributed by atoms with Crippen LogP contribution in [-0.4, -0.2) is 5.11 Å². The fraction of sp³-hybridized carbons (Fsp3) is 0.143. The third-order valence-corrected chi connectivity index (χ3v) is 3.87. The van der Waals surface area contributed by atoms with Crippen LogP contribution in [0.2, 0.25) is 0 Å². The monoisotopic (exact) mass is 170 g/mol.